The van der Waals surface area contributed by atoms with E-state index in [-0.39, 0.29) is 5.97 Å². The largest absolute Gasteiger partial charge is 0.466 e. The molecule has 0 amide bonds. The molecule has 0 N–H and O–H groups in total. The fourth-order valence-corrected chi connectivity index (χ4v) is 2.12. The summed E-state index contributed by atoms with van der Waals surface area (Å²) in [5.41, 5.74) is 4.23. The van der Waals surface area contributed by atoms with Crippen LogP contribution in [-0.4, -0.2) is 22.9 Å². The van der Waals surface area contributed by atoms with Crippen LogP contribution in [0.4, 0.5) is 0 Å². The van der Waals surface area contributed by atoms with Crippen LogP contribution >= 0.6 is 0 Å². The molecule has 4 heteroatoms. The highest BCUT2D eigenvalue weighted by atomic mass is 16.5. The van der Waals surface area contributed by atoms with Gasteiger partial charge in [0.1, 0.15) is 0 Å². The summed E-state index contributed by atoms with van der Waals surface area (Å²) in [6.45, 7) is 8.78. The van der Waals surface area contributed by atoms with Crippen molar-refractivity contribution in [2.75, 3.05) is 7.11 Å². The molecule has 0 aliphatic rings. The number of methoxy groups -OCH3 is 1. The number of ether oxygens (including phenoxy) is 1. The van der Waals surface area contributed by atoms with Crippen molar-refractivity contribution in [3.05, 3.63) is 28.6 Å². The van der Waals surface area contributed by atoms with E-state index in [9.17, 15) is 4.79 Å². The average molecular weight is 250 g/mol. The third-order valence-electron chi connectivity index (χ3n) is 3.22. The lowest BCUT2D eigenvalue weighted by atomic mass is 10.1. The van der Waals surface area contributed by atoms with Gasteiger partial charge >= 0.3 is 5.97 Å². The summed E-state index contributed by atoms with van der Waals surface area (Å²) < 4.78 is 6.67. The van der Waals surface area contributed by atoms with Crippen LogP contribution in [0.15, 0.2) is 11.6 Å². The first kappa shape index (κ1) is 14.5. The van der Waals surface area contributed by atoms with Crippen LogP contribution in [-0.2, 0) is 22.5 Å². The maximum atomic E-state index is 11.5. The molecular weight excluding hydrogens is 228 g/mol. The Morgan fingerprint density at radius 1 is 1.39 bits per heavy atom. The summed E-state index contributed by atoms with van der Waals surface area (Å²) in [6.07, 6.45) is 3.55. The number of carbonyl (C=O) groups is 1. The predicted molar refractivity (Wildman–Crippen MR) is 71.5 cm³/mol. The van der Waals surface area contributed by atoms with Gasteiger partial charge in [-0.1, -0.05) is 19.9 Å². The van der Waals surface area contributed by atoms with Gasteiger partial charge in [0.05, 0.1) is 19.3 Å². The highest BCUT2D eigenvalue weighted by molar-refractivity contribution is 5.88. The normalized spacial score (nSPS) is 11.7. The van der Waals surface area contributed by atoms with Crippen molar-refractivity contribution >= 4 is 5.97 Å². The van der Waals surface area contributed by atoms with E-state index in [0.717, 1.165) is 12.1 Å². The zero-order valence-corrected chi connectivity index (χ0v) is 11.9. The van der Waals surface area contributed by atoms with Gasteiger partial charge in [-0.3, -0.25) is 4.68 Å². The number of carbonyl (C=O) groups excluding carboxylic acids is 1. The molecule has 100 valence electrons. The molecule has 1 rings (SSSR count). The third kappa shape index (κ3) is 3.00. The molecule has 0 fully saturated rings. The lowest BCUT2D eigenvalue weighted by Gasteiger charge is -2.04. The van der Waals surface area contributed by atoms with E-state index in [1.165, 1.54) is 18.4 Å². The van der Waals surface area contributed by atoms with Crippen LogP contribution in [0.2, 0.25) is 0 Å². The minimum atomic E-state index is -0.255. The molecule has 1 heterocycles. The molecule has 0 spiro atoms. The minimum Gasteiger partial charge on any atom is -0.466 e. The number of allylic oxidation sites excluding steroid dienone is 1. The van der Waals surface area contributed by atoms with Crippen molar-refractivity contribution in [2.45, 2.75) is 47.1 Å². The monoisotopic (exact) mass is 250 g/mol. The maximum absolute atomic E-state index is 11.5. The summed E-state index contributed by atoms with van der Waals surface area (Å²) in [5, 5.41) is 4.49. The second-order valence-corrected chi connectivity index (χ2v) is 4.26. The molecule has 1 aromatic rings. The quantitative estimate of drug-likeness (QED) is 0.596. The fourth-order valence-electron chi connectivity index (χ4n) is 2.12. The van der Waals surface area contributed by atoms with Crippen molar-refractivity contribution in [1.29, 1.82) is 0 Å². The van der Waals surface area contributed by atoms with E-state index < -0.39 is 0 Å². The van der Waals surface area contributed by atoms with Crippen LogP contribution in [0, 0.1) is 13.8 Å². The standard InChI is InChI=1S/C14H22N2O2/c1-6-12(14(17)18-5)8-9-16-11(4)13(7-2)10(3)15-16/h8H,6-7,9H2,1-5H3. The van der Waals surface area contributed by atoms with Crippen LogP contribution in [0.1, 0.15) is 37.2 Å². The highest BCUT2D eigenvalue weighted by Gasteiger charge is 2.10. The summed E-state index contributed by atoms with van der Waals surface area (Å²) >= 11 is 0. The Morgan fingerprint density at radius 3 is 2.50 bits per heavy atom. The maximum Gasteiger partial charge on any atom is 0.333 e. The topological polar surface area (TPSA) is 44.1 Å². The SMILES string of the molecule is CCC(=CCn1nc(C)c(CC)c1C)C(=O)OC. The van der Waals surface area contributed by atoms with E-state index in [1.807, 2.05) is 24.6 Å². The Hall–Kier alpha value is -1.58. The van der Waals surface area contributed by atoms with Gasteiger partial charge in [-0.2, -0.15) is 5.10 Å². The average Bonchev–Trinajstić information content (AvgIpc) is 2.64. The van der Waals surface area contributed by atoms with Crippen molar-refractivity contribution in [3.63, 3.8) is 0 Å². The van der Waals surface area contributed by atoms with Crippen LogP contribution in [0.25, 0.3) is 0 Å². The van der Waals surface area contributed by atoms with Gasteiger partial charge in [0.2, 0.25) is 0 Å². The minimum absolute atomic E-state index is 0.255. The Bertz CT molecular complexity index is 459. The number of hydrogen-bond acceptors (Lipinski definition) is 3. The Morgan fingerprint density at radius 2 is 2.06 bits per heavy atom. The van der Waals surface area contributed by atoms with E-state index >= 15 is 0 Å². The van der Waals surface area contributed by atoms with Crippen LogP contribution in [0.3, 0.4) is 0 Å². The van der Waals surface area contributed by atoms with Gasteiger partial charge in [-0.25, -0.2) is 4.79 Å². The molecule has 0 aliphatic carbocycles. The smallest absolute Gasteiger partial charge is 0.333 e. The van der Waals surface area contributed by atoms with Gasteiger partial charge in [-0.05, 0) is 32.3 Å². The Kier molecular flexibility index (Phi) is 5.13. The number of rotatable bonds is 5. The van der Waals surface area contributed by atoms with Gasteiger partial charge < -0.3 is 4.74 Å². The zero-order valence-electron chi connectivity index (χ0n) is 11.9. The number of esters is 1. The molecule has 0 atom stereocenters. The van der Waals surface area contributed by atoms with E-state index in [2.05, 4.69) is 18.9 Å². The number of nitrogens with zero attached hydrogens (tertiary/aromatic N) is 2. The predicted octanol–water partition coefficient (Wildman–Crippen LogP) is 2.57. The van der Waals surface area contributed by atoms with Gasteiger partial charge in [-0.15, -0.1) is 0 Å². The van der Waals surface area contributed by atoms with Crippen molar-refractivity contribution in [2.24, 2.45) is 0 Å². The second-order valence-electron chi connectivity index (χ2n) is 4.26. The lowest BCUT2D eigenvalue weighted by molar-refractivity contribution is -0.136. The number of aromatic nitrogens is 2. The molecule has 0 radical (unpaired) electrons. The second kappa shape index (κ2) is 6.38. The van der Waals surface area contributed by atoms with E-state index in [1.54, 1.807) is 0 Å². The molecule has 18 heavy (non-hydrogen) atoms. The van der Waals surface area contributed by atoms with E-state index in [0.29, 0.717) is 18.5 Å². The summed E-state index contributed by atoms with van der Waals surface area (Å²) in [4.78, 5) is 11.5. The zero-order chi connectivity index (χ0) is 13.7. The highest BCUT2D eigenvalue weighted by Crippen LogP contribution is 2.14. The summed E-state index contributed by atoms with van der Waals surface area (Å²) in [5.74, 6) is -0.255. The summed E-state index contributed by atoms with van der Waals surface area (Å²) in [7, 11) is 1.41. The molecule has 0 saturated carbocycles. The molecule has 1 aromatic heterocycles. The van der Waals surface area contributed by atoms with Crippen LogP contribution < -0.4 is 0 Å². The van der Waals surface area contributed by atoms with E-state index in [4.69, 9.17) is 4.74 Å². The number of hydrogen-bond donors (Lipinski definition) is 0. The molecule has 0 aromatic carbocycles. The van der Waals surface area contributed by atoms with Crippen LogP contribution in [0.5, 0.6) is 0 Å². The van der Waals surface area contributed by atoms with Crippen molar-refractivity contribution in [1.82, 2.24) is 9.78 Å². The van der Waals surface area contributed by atoms with Crippen molar-refractivity contribution < 1.29 is 9.53 Å². The van der Waals surface area contributed by atoms with Gasteiger partial charge in [0.25, 0.3) is 0 Å². The molecule has 4 nitrogen and oxygen atoms in total. The molecular formula is C14H22N2O2. The van der Waals surface area contributed by atoms with Crippen molar-refractivity contribution in [3.8, 4) is 0 Å². The Balaban J connectivity index is 2.91. The molecule has 0 saturated heterocycles. The summed E-state index contributed by atoms with van der Waals surface area (Å²) in [6, 6.07) is 0. The lowest BCUT2D eigenvalue weighted by Crippen LogP contribution is -2.07. The molecule has 0 unspecified atom stereocenters. The molecule has 0 bridgehead atoms. The van der Waals surface area contributed by atoms with Gasteiger partial charge in [0, 0.05) is 11.3 Å². The first-order valence-corrected chi connectivity index (χ1v) is 6.35. The fraction of sp³-hybridized carbons (Fsp3) is 0.571. The Labute approximate surface area is 109 Å². The van der Waals surface area contributed by atoms with Gasteiger partial charge in [0.15, 0.2) is 0 Å². The number of aryl methyl sites for hydroxylation is 1. The molecule has 0 aliphatic heterocycles. The third-order valence-corrected chi connectivity index (χ3v) is 3.22. The first-order chi connectivity index (χ1) is 8.54. The first-order valence-electron chi connectivity index (χ1n) is 6.35.